The Bertz CT molecular complexity index is 509. The van der Waals surface area contributed by atoms with Gasteiger partial charge in [-0.05, 0) is 6.92 Å². The van der Waals surface area contributed by atoms with Gasteiger partial charge in [0.2, 0.25) is 5.91 Å². The highest BCUT2D eigenvalue weighted by atomic mass is 16.5. The lowest BCUT2D eigenvalue weighted by Gasteiger charge is -2.17. The number of likely N-dealkylation sites (N-methyl/N-ethyl adjacent to an activating group) is 1. The van der Waals surface area contributed by atoms with E-state index in [1.807, 2.05) is 6.07 Å². The van der Waals surface area contributed by atoms with Gasteiger partial charge < -0.3 is 10.5 Å². The summed E-state index contributed by atoms with van der Waals surface area (Å²) >= 11 is 0. The van der Waals surface area contributed by atoms with Crippen LogP contribution >= 0.6 is 0 Å². The van der Waals surface area contributed by atoms with E-state index in [4.69, 9.17) is 15.7 Å². The summed E-state index contributed by atoms with van der Waals surface area (Å²) in [6, 6.07) is 2.79. The number of hydrogen-bond acceptors (Lipinski definition) is 5. The number of nitriles is 1. The first-order valence-electron chi connectivity index (χ1n) is 5.14. The molecule has 17 heavy (non-hydrogen) atoms. The average molecular weight is 232 g/mol. The van der Waals surface area contributed by atoms with Crippen molar-refractivity contribution < 1.29 is 9.53 Å². The minimum Gasteiger partial charge on any atom is -0.485 e. The average Bonchev–Trinajstić information content (AvgIpc) is 2.42. The number of amides is 1. The lowest BCUT2D eigenvalue weighted by molar-refractivity contribution is -0.120. The highest BCUT2D eigenvalue weighted by Gasteiger charge is 2.32. The van der Waals surface area contributed by atoms with Crippen molar-refractivity contribution in [2.75, 3.05) is 11.9 Å². The Morgan fingerprint density at radius 1 is 1.65 bits per heavy atom. The monoisotopic (exact) mass is 232 g/mol. The summed E-state index contributed by atoms with van der Waals surface area (Å²) in [6.07, 6.45) is 0.940. The summed E-state index contributed by atoms with van der Waals surface area (Å²) in [7, 11) is 1.58. The first-order chi connectivity index (χ1) is 8.04. The van der Waals surface area contributed by atoms with Crippen molar-refractivity contribution in [1.29, 1.82) is 5.26 Å². The maximum Gasteiger partial charge on any atom is 0.248 e. The van der Waals surface area contributed by atoms with Gasteiger partial charge >= 0.3 is 0 Å². The number of hydrogen-bond donors (Lipinski definition) is 1. The van der Waals surface area contributed by atoms with Crippen LogP contribution in [0.2, 0.25) is 0 Å². The molecule has 1 aliphatic heterocycles. The molecule has 6 heteroatoms. The van der Waals surface area contributed by atoms with Crippen molar-refractivity contribution in [2.24, 2.45) is 5.73 Å². The highest BCUT2D eigenvalue weighted by Crippen LogP contribution is 2.30. The van der Waals surface area contributed by atoms with E-state index < -0.39 is 12.1 Å². The maximum absolute atomic E-state index is 11.9. The van der Waals surface area contributed by atoms with Crippen LogP contribution in [0.1, 0.15) is 12.5 Å². The van der Waals surface area contributed by atoms with Gasteiger partial charge in [0.1, 0.15) is 18.2 Å². The van der Waals surface area contributed by atoms with Gasteiger partial charge in [-0.25, -0.2) is 4.98 Å². The summed E-state index contributed by atoms with van der Waals surface area (Å²) in [4.78, 5) is 17.3. The van der Waals surface area contributed by atoms with Crippen molar-refractivity contribution in [3.8, 4) is 11.8 Å². The van der Waals surface area contributed by atoms with Gasteiger partial charge in [0.25, 0.3) is 0 Å². The summed E-state index contributed by atoms with van der Waals surface area (Å²) in [6.45, 7) is 1.71. The number of anilines is 1. The largest absolute Gasteiger partial charge is 0.485 e. The lowest BCUT2D eigenvalue weighted by Crippen LogP contribution is -2.48. The standard InChI is InChI=1S/C11H12N4O2/c1-6-9(13)11(16)15(2)10-8(17-6)3-7(4-12)5-14-10/h3,5-6,9H,13H2,1-2H3/t6-,9+/m1/s1. The molecule has 0 bridgehead atoms. The summed E-state index contributed by atoms with van der Waals surface area (Å²) in [5.41, 5.74) is 6.13. The van der Waals surface area contributed by atoms with Crippen LogP contribution in [-0.2, 0) is 4.79 Å². The minimum absolute atomic E-state index is 0.256. The minimum atomic E-state index is -0.736. The van der Waals surface area contributed by atoms with Crippen molar-refractivity contribution in [3.05, 3.63) is 17.8 Å². The Balaban J connectivity index is 2.53. The molecule has 0 spiro atoms. The summed E-state index contributed by atoms with van der Waals surface area (Å²) in [5, 5.41) is 8.79. The second kappa shape index (κ2) is 4.03. The molecule has 2 N–H and O–H groups in total. The van der Waals surface area contributed by atoms with Gasteiger partial charge in [-0.1, -0.05) is 0 Å². The molecule has 6 nitrogen and oxygen atoms in total. The Morgan fingerprint density at radius 2 is 2.35 bits per heavy atom. The quantitative estimate of drug-likeness (QED) is 0.681. The SMILES string of the molecule is C[C@H]1Oc2cc(C#N)cnc2N(C)C(=O)[C@H]1N. The first kappa shape index (κ1) is 11.4. The van der Waals surface area contributed by atoms with Crippen molar-refractivity contribution in [2.45, 2.75) is 19.1 Å². The third kappa shape index (κ3) is 1.81. The first-order valence-corrected chi connectivity index (χ1v) is 5.14. The van der Waals surface area contributed by atoms with Gasteiger partial charge in [-0.3, -0.25) is 9.69 Å². The maximum atomic E-state index is 11.9. The van der Waals surface area contributed by atoms with E-state index in [0.29, 0.717) is 17.1 Å². The van der Waals surface area contributed by atoms with E-state index in [9.17, 15) is 4.79 Å². The normalized spacial score (nSPS) is 23.4. The highest BCUT2D eigenvalue weighted by molar-refractivity contribution is 5.98. The number of fused-ring (bicyclic) bond motifs is 1. The van der Waals surface area contributed by atoms with Crippen molar-refractivity contribution in [1.82, 2.24) is 4.98 Å². The number of rotatable bonds is 0. The summed E-state index contributed by atoms with van der Waals surface area (Å²) in [5.74, 6) is 0.530. The fraction of sp³-hybridized carbons (Fsp3) is 0.364. The lowest BCUT2D eigenvalue weighted by atomic mass is 10.2. The smallest absolute Gasteiger partial charge is 0.248 e. The fourth-order valence-corrected chi connectivity index (χ4v) is 1.64. The van der Waals surface area contributed by atoms with Gasteiger partial charge in [-0.15, -0.1) is 0 Å². The zero-order valence-electron chi connectivity index (χ0n) is 9.54. The number of nitrogens with zero attached hydrogens (tertiary/aromatic N) is 3. The molecular weight excluding hydrogens is 220 g/mol. The fourth-order valence-electron chi connectivity index (χ4n) is 1.64. The van der Waals surface area contributed by atoms with Crippen LogP contribution in [-0.4, -0.2) is 30.1 Å². The Morgan fingerprint density at radius 3 is 3.00 bits per heavy atom. The second-order valence-electron chi connectivity index (χ2n) is 3.90. The molecule has 2 atom stereocenters. The molecule has 1 aliphatic rings. The molecule has 0 saturated heterocycles. The molecule has 0 fully saturated rings. The number of carbonyl (C=O) groups is 1. The molecular formula is C11H12N4O2. The van der Waals surface area contributed by atoms with Crippen LogP contribution < -0.4 is 15.4 Å². The Hall–Kier alpha value is -2.13. The third-order valence-electron chi connectivity index (χ3n) is 2.71. The summed E-state index contributed by atoms with van der Waals surface area (Å²) < 4.78 is 5.55. The molecule has 2 heterocycles. The molecule has 88 valence electrons. The zero-order valence-corrected chi connectivity index (χ0v) is 9.54. The predicted molar refractivity (Wildman–Crippen MR) is 60.4 cm³/mol. The van der Waals surface area contributed by atoms with Crippen LogP contribution in [0.4, 0.5) is 5.82 Å². The number of aromatic nitrogens is 1. The number of carbonyl (C=O) groups excluding carboxylic acids is 1. The van der Waals surface area contributed by atoms with E-state index >= 15 is 0 Å². The van der Waals surface area contributed by atoms with Crippen LogP contribution in [0.5, 0.6) is 5.75 Å². The number of pyridine rings is 1. The molecule has 1 aromatic heterocycles. The third-order valence-corrected chi connectivity index (χ3v) is 2.71. The molecule has 0 aliphatic carbocycles. The molecule has 1 aromatic rings. The zero-order chi connectivity index (χ0) is 12.6. The van der Waals surface area contributed by atoms with Crippen molar-refractivity contribution >= 4 is 11.7 Å². The van der Waals surface area contributed by atoms with E-state index in [2.05, 4.69) is 4.98 Å². The van der Waals surface area contributed by atoms with Gasteiger partial charge in [0.05, 0.1) is 5.56 Å². The second-order valence-corrected chi connectivity index (χ2v) is 3.90. The molecule has 0 saturated carbocycles. The van der Waals surface area contributed by atoms with E-state index in [1.165, 1.54) is 11.1 Å². The molecule has 2 rings (SSSR count). The Labute approximate surface area is 98.6 Å². The van der Waals surface area contributed by atoms with Crippen LogP contribution in [0.15, 0.2) is 12.3 Å². The molecule has 0 radical (unpaired) electrons. The van der Waals surface area contributed by atoms with Crippen LogP contribution in [0.25, 0.3) is 0 Å². The van der Waals surface area contributed by atoms with Gasteiger partial charge in [0.15, 0.2) is 11.6 Å². The number of nitrogens with two attached hydrogens (primary N) is 1. The van der Waals surface area contributed by atoms with E-state index in [0.717, 1.165) is 0 Å². The predicted octanol–water partition coefficient (Wildman–Crippen LogP) is 0.0243. The van der Waals surface area contributed by atoms with Gasteiger partial charge in [0, 0.05) is 19.3 Å². The molecule has 0 aromatic carbocycles. The molecule has 0 unspecified atom stereocenters. The number of ether oxygens (including phenoxy) is 1. The van der Waals surface area contributed by atoms with Crippen LogP contribution in [0.3, 0.4) is 0 Å². The Kier molecular flexibility index (Phi) is 2.69. The van der Waals surface area contributed by atoms with Crippen LogP contribution in [0, 0.1) is 11.3 Å². The van der Waals surface area contributed by atoms with Crippen molar-refractivity contribution in [3.63, 3.8) is 0 Å². The molecule has 1 amide bonds. The van der Waals surface area contributed by atoms with E-state index in [1.54, 1.807) is 20.0 Å². The van der Waals surface area contributed by atoms with E-state index in [-0.39, 0.29) is 5.91 Å². The topological polar surface area (TPSA) is 92.2 Å². The van der Waals surface area contributed by atoms with Gasteiger partial charge in [-0.2, -0.15) is 5.26 Å².